The lowest BCUT2D eigenvalue weighted by Gasteiger charge is -2.25. The maximum Gasteiger partial charge on any atom is 0.239 e. The number of carbonyl (C=O) groups excluding carboxylic acids is 1. The number of benzene rings is 2. The Labute approximate surface area is 131 Å². The van der Waals surface area contributed by atoms with Crippen LogP contribution in [-0.2, 0) is 0 Å². The number of hydrogen-bond donors (Lipinski definition) is 0. The van der Waals surface area contributed by atoms with Crippen LogP contribution in [0.15, 0.2) is 48.5 Å². The van der Waals surface area contributed by atoms with Gasteiger partial charge in [-0.15, -0.1) is 0 Å². The van der Waals surface area contributed by atoms with E-state index in [9.17, 15) is 4.79 Å². The Bertz CT molecular complexity index is 728. The van der Waals surface area contributed by atoms with Crippen molar-refractivity contribution < 1.29 is 9.53 Å². The molecule has 0 unspecified atom stereocenters. The largest absolute Gasteiger partial charge is 0.496 e. The highest BCUT2D eigenvalue weighted by atomic mass is 16.5. The number of methoxy groups -OCH3 is 1. The maximum absolute atomic E-state index is 12.2. The van der Waals surface area contributed by atoms with Crippen LogP contribution in [0.4, 0.5) is 0 Å². The van der Waals surface area contributed by atoms with E-state index in [1.807, 2.05) is 24.3 Å². The second-order valence-electron chi connectivity index (χ2n) is 5.53. The van der Waals surface area contributed by atoms with Crippen LogP contribution < -0.4 is 4.74 Å². The molecule has 2 heteroatoms. The average molecular weight is 290 g/mol. The zero-order chi connectivity index (χ0) is 15.4. The molecule has 3 rings (SSSR count). The first kappa shape index (κ1) is 14.4. The molecule has 0 atom stereocenters. The third-order valence-electron chi connectivity index (χ3n) is 4.16. The first-order valence-electron chi connectivity index (χ1n) is 7.57. The molecule has 2 nitrogen and oxygen atoms in total. The number of hydrogen-bond acceptors (Lipinski definition) is 2. The monoisotopic (exact) mass is 290 g/mol. The lowest BCUT2D eigenvalue weighted by atomic mass is 9.80. The van der Waals surface area contributed by atoms with Gasteiger partial charge in [0, 0.05) is 5.56 Å². The Balaban J connectivity index is 1.75. The van der Waals surface area contributed by atoms with Gasteiger partial charge in [0.05, 0.1) is 12.7 Å². The topological polar surface area (TPSA) is 26.3 Å². The molecule has 1 aliphatic carbocycles. The number of carbonyl (C=O) groups is 1. The molecule has 0 saturated heterocycles. The van der Waals surface area contributed by atoms with E-state index in [2.05, 4.69) is 24.0 Å². The van der Waals surface area contributed by atoms with Gasteiger partial charge < -0.3 is 4.74 Å². The van der Waals surface area contributed by atoms with E-state index >= 15 is 0 Å². The van der Waals surface area contributed by atoms with Crippen LogP contribution in [0, 0.1) is 11.8 Å². The van der Waals surface area contributed by atoms with Crippen LogP contribution >= 0.6 is 0 Å². The van der Waals surface area contributed by atoms with E-state index in [0.29, 0.717) is 11.3 Å². The fourth-order valence-electron chi connectivity index (χ4n) is 2.61. The van der Waals surface area contributed by atoms with Crippen LogP contribution in [0.5, 0.6) is 5.75 Å². The fraction of sp³-hybridized carbons (Fsp3) is 0.250. The first-order valence-corrected chi connectivity index (χ1v) is 7.57. The zero-order valence-corrected chi connectivity index (χ0v) is 12.6. The normalized spacial score (nSPS) is 13.7. The van der Waals surface area contributed by atoms with Gasteiger partial charge >= 0.3 is 0 Å². The smallest absolute Gasteiger partial charge is 0.239 e. The number of rotatable bonds is 3. The predicted octanol–water partition coefficient (Wildman–Crippen LogP) is 4.20. The van der Waals surface area contributed by atoms with Crippen molar-refractivity contribution in [3.05, 3.63) is 65.2 Å². The first-order chi connectivity index (χ1) is 10.8. The van der Waals surface area contributed by atoms with Gasteiger partial charge in [-0.25, -0.2) is 0 Å². The Hall–Kier alpha value is -2.53. The van der Waals surface area contributed by atoms with Gasteiger partial charge in [0.2, 0.25) is 5.78 Å². The van der Waals surface area contributed by atoms with E-state index in [1.54, 1.807) is 19.2 Å². The summed E-state index contributed by atoms with van der Waals surface area (Å²) >= 11 is 0. The minimum Gasteiger partial charge on any atom is -0.496 e. The molecule has 2 aromatic carbocycles. The molecule has 0 bridgehead atoms. The Kier molecular flexibility index (Phi) is 4.25. The molecule has 0 aromatic heterocycles. The third-order valence-corrected chi connectivity index (χ3v) is 4.16. The van der Waals surface area contributed by atoms with Gasteiger partial charge in [0.1, 0.15) is 5.75 Å². The molecule has 0 amide bonds. The zero-order valence-electron chi connectivity index (χ0n) is 12.6. The van der Waals surface area contributed by atoms with Crippen molar-refractivity contribution in [1.82, 2.24) is 0 Å². The summed E-state index contributed by atoms with van der Waals surface area (Å²) < 4.78 is 5.19. The van der Waals surface area contributed by atoms with Crippen LogP contribution in [0.1, 0.15) is 46.7 Å². The van der Waals surface area contributed by atoms with E-state index in [1.165, 1.54) is 24.8 Å². The molecule has 22 heavy (non-hydrogen) atoms. The van der Waals surface area contributed by atoms with Gasteiger partial charge in [0.15, 0.2) is 0 Å². The average Bonchev–Trinajstić information content (AvgIpc) is 2.52. The maximum atomic E-state index is 12.2. The summed E-state index contributed by atoms with van der Waals surface area (Å²) in [6.07, 6.45) is 3.91. The van der Waals surface area contributed by atoms with Gasteiger partial charge in [0.25, 0.3) is 0 Å². The molecule has 0 spiro atoms. The molecule has 0 N–H and O–H groups in total. The van der Waals surface area contributed by atoms with Crippen molar-refractivity contribution in [3.8, 4) is 17.6 Å². The van der Waals surface area contributed by atoms with E-state index in [-0.39, 0.29) is 5.78 Å². The van der Waals surface area contributed by atoms with Crippen molar-refractivity contribution in [1.29, 1.82) is 0 Å². The quantitative estimate of drug-likeness (QED) is 0.625. The summed E-state index contributed by atoms with van der Waals surface area (Å²) in [5.41, 5.74) is 2.75. The number of ether oxygens (including phenoxy) is 1. The van der Waals surface area contributed by atoms with Gasteiger partial charge in [-0.2, -0.15) is 0 Å². The summed E-state index contributed by atoms with van der Waals surface area (Å²) in [5.74, 6) is 6.69. The molecule has 110 valence electrons. The van der Waals surface area contributed by atoms with Crippen molar-refractivity contribution in [2.24, 2.45) is 0 Å². The SMILES string of the molecule is COc1ccccc1C(=O)C#Cc1ccc(C2CCC2)cc1. The number of ketones is 1. The molecule has 0 heterocycles. The van der Waals surface area contributed by atoms with Crippen molar-refractivity contribution in [2.45, 2.75) is 25.2 Å². The minimum atomic E-state index is -0.222. The molecule has 1 fully saturated rings. The molecule has 1 saturated carbocycles. The lowest BCUT2D eigenvalue weighted by Crippen LogP contribution is -2.08. The summed E-state index contributed by atoms with van der Waals surface area (Å²) in [6, 6.07) is 15.4. The second kappa shape index (κ2) is 6.49. The van der Waals surface area contributed by atoms with E-state index in [0.717, 1.165) is 11.5 Å². The van der Waals surface area contributed by atoms with Crippen molar-refractivity contribution in [2.75, 3.05) is 7.11 Å². The van der Waals surface area contributed by atoms with Crippen LogP contribution in [0.25, 0.3) is 0 Å². The highest BCUT2D eigenvalue weighted by Gasteiger charge is 2.18. The predicted molar refractivity (Wildman–Crippen MR) is 87.2 cm³/mol. The van der Waals surface area contributed by atoms with Gasteiger partial charge in [-0.05, 0) is 54.5 Å². The fourth-order valence-corrected chi connectivity index (χ4v) is 2.61. The third kappa shape index (κ3) is 3.04. The lowest BCUT2D eigenvalue weighted by molar-refractivity contribution is 0.105. The molecule has 1 aliphatic rings. The summed E-state index contributed by atoms with van der Waals surface area (Å²) in [5, 5.41) is 0. The second-order valence-corrected chi connectivity index (χ2v) is 5.53. The molecular formula is C20H18O2. The van der Waals surface area contributed by atoms with Gasteiger partial charge in [-0.1, -0.05) is 36.6 Å². The van der Waals surface area contributed by atoms with Crippen molar-refractivity contribution >= 4 is 5.78 Å². The number of Topliss-reactive ketones (excluding diaryl/α,β-unsaturated/α-hetero) is 1. The molecule has 0 aliphatic heterocycles. The molecule has 2 aromatic rings. The van der Waals surface area contributed by atoms with Crippen LogP contribution in [-0.4, -0.2) is 12.9 Å². The summed E-state index contributed by atoms with van der Waals surface area (Å²) in [4.78, 5) is 12.2. The van der Waals surface area contributed by atoms with Crippen LogP contribution in [0.2, 0.25) is 0 Å². The molecule has 0 radical (unpaired) electrons. The standard InChI is InChI=1S/C20H18O2/c1-22-20-8-3-2-7-18(20)19(21)14-11-15-9-12-17(13-10-15)16-5-4-6-16/h2-3,7-10,12-13,16H,4-6H2,1H3. The number of para-hydroxylation sites is 1. The highest BCUT2D eigenvalue weighted by molar-refractivity contribution is 6.11. The summed E-state index contributed by atoms with van der Waals surface area (Å²) in [6.45, 7) is 0. The van der Waals surface area contributed by atoms with E-state index < -0.39 is 0 Å². The Morgan fingerprint density at radius 3 is 2.45 bits per heavy atom. The van der Waals surface area contributed by atoms with E-state index in [4.69, 9.17) is 4.74 Å². The highest BCUT2D eigenvalue weighted by Crippen LogP contribution is 2.36. The summed E-state index contributed by atoms with van der Waals surface area (Å²) in [7, 11) is 1.55. The minimum absolute atomic E-state index is 0.222. The van der Waals surface area contributed by atoms with Crippen LogP contribution in [0.3, 0.4) is 0 Å². The van der Waals surface area contributed by atoms with Gasteiger partial charge in [-0.3, -0.25) is 4.79 Å². The van der Waals surface area contributed by atoms with Crippen molar-refractivity contribution in [3.63, 3.8) is 0 Å². The molecular weight excluding hydrogens is 272 g/mol. The Morgan fingerprint density at radius 1 is 1.09 bits per heavy atom. The Morgan fingerprint density at radius 2 is 1.82 bits per heavy atom.